The maximum Gasteiger partial charge on any atom is 0.256 e. The number of fused-ring (bicyclic) bond motifs is 1. The lowest BCUT2D eigenvalue weighted by Gasteiger charge is -2.34. The van der Waals surface area contributed by atoms with Gasteiger partial charge in [0.1, 0.15) is 0 Å². The van der Waals surface area contributed by atoms with Crippen LogP contribution in [0.15, 0.2) is 30.3 Å². The fraction of sp³-hybridized carbons (Fsp3) is 0.375. The summed E-state index contributed by atoms with van der Waals surface area (Å²) in [5.41, 5.74) is 2.45. The van der Waals surface area contributed by atoms with Crippen LogP contribution in [0.1, 0.15) is 23.0 Å². The highest BCUT2D eigenvalue weighted by Crippen LogP contribution is 2.20. The summed E-state index contributed by atoms with van der Waals surface area (Å²) in [4.78, 5) is 19.3. The van der Waals surface area contributed by atoms with Gasteiger partial charge in [-0.3, -0.25) is 9.78 Å². The van der Waals surface area contributed by atoms with Crippen molar-refractivity contribution in [1.29, 1.82) is 0 Å². The molecule has 4 heteroatoms. The van der Waals surface area contributed by atoms with Crippen LogP contribution in [0.3, 0.4) is 0 Å². The SMILES string of the molecule is Cc1ccc2cccc(C(=O)N3CCNC[C@H]3C)c2n1. The summed E-state index contributed by atoms with van der Waals surface area (Å²) in [7, 11) is 0. The number of carbonyl (C=O) groups is 1. The van der Waals surface area contributed by atoms with Gasteiger partial charge in [-0.25, -0.2) is 0 Å². The van der Waals surface area contributed by atoms with Crippen LogP contribution in [0, 0.1) is 6.92 Å². The molecule has 104 valence electrons. The smallest absolute Gasteiger partial charge is 0.256 e. The van der Waals surface area contributed by atoms with Crippen molar-refractivity contribution >= 4 is 16.8 Å². The molecular formula is C16H19N3O. The van der Waals surface area contributed by atoms with Gasteiger partial charge < -0.3 is 10.2 Å². The minimum absolute atomic E-state index is 0.0858. The van der Waals surface area contributed by atoms with Gasteiger partial charge in [-0.2, -0.15) is 0 Å². The number of benzene rings is 1. The van der Waals surface area contributed by atoms with Crippen LogP contribution < -0.4 is 5.32 Å². The van der Waals surface area contributed by atoms with Crippen LogP contribution in [0.2, 0.25) is 0 Å². The molecule has 1 atom stereocenters. The summed E-state index contributed by atoms with van der Waals surface area (Å²) in [5.74, 6) is 0.0858. The van der Waals surface area contributed by atoms with Crippen molar-refractivity contribution in [3.8, 4) is 0 Å². The standard InChI is InChI=1S/C16H19N3O/c1-11-6-7-13-4-3-5-14(15(13)18-11)16(20)19-9-8-17-10-12(19)2/h3-7,12,17H,8-10H2,1-2H3/t12-/m1/s1. The van der Waals surface area contributed by atoms with Gasteiger partial charge in [-0.15, -0.1) is 0 Å². The van der Waals surface area contributed by atoms with Crippen molar-refractivity contribution < 1.29 is 4.79 Å². The van der Waals surface area contributed by atoms with E-state index in [0.717, 1.165) is 36.2 Å². The van der Waals surface area contributed by atoms with E-state index in [0.29, 0.717) is 5.56 Å². The van der Waals surface area contributed by atoms with E-state index in [1.807, 2.05) is 42.2 Å². The van der Waals surface area contributed by atoms with Crippen LogP contribution >= 0.6 is 0 Å². The number of hydrogen-bond donors (Lipinski definition) is 1. The topological polar surface area (TPSA) is 45.2 Å². The molecule has 1 aliphatic heterocycles. The minimum Gasteiger partial charge on any atom is -0.333 e. The molecule has 1 N–H and O–H groups in total. The Labute approximate surface area is 118 Å². The molecule has 0 radical (unpaired) electrons. The van der Waals surface area contributed by atoms with E-state index in [2.05, 4.69) is 17.2 Å². The Bertz CT molecular complexity index is 653. The van der Waals surface area contributed by atoms with Crippen LogP contribution in [0.25, 0.3) is 10.9 Å². The molecule has 1 fully saturated rings. The molecule has 1 aromatic carbocycles. The lowest BCUT2D eigenvalue weighted by atomic mass is 10.1. The maximum atomic E-state index is 12.8. The second-order valence-corrected chi connectivity index (χ2v) is 5.38. The number of para-hydroxylation sites is 1. The number of piperazine rings is 1. The Hall–Kier alpha value is -1.94. The van der Waals surface area contributed by atoms with Crippen molar-refractivity contribution in [3.05, 3.63) is 41.6 Å². The zero-order chi connectivity index (χ0) is 14.1. The first-order valence-electron chi connectivity index (χ1n) is 7.05. The molecule has 0 spiro atoms. The van der Waals surface area contributed by atoms with Gasteiger partial charge in [-0.1, -0.05) is 18.2 Å². The number of aryl methyl sites for hydroxylation is 1. The van der Waals surface area contributed by atoms with Crippen LogP contribution in [-0.2, 0) is 0 Å². The number of aromatic nitrogens is 1. The summed E-state index contributed by atoms with van der Waals surface area (Å²) >= 11 is 0. The van der Waals surface area contributed by atoms with Crippen molar-refractivity contribution in [1.82, 2.24) is 15.2 Å². The number of amides is 1. The average molecular weight is 269 g/mol. The van der Waals surface area contributed by atoms with Gasteiger partial charge in [-0.05, 0) is 26.0 Å². The minimum atomic E-state index is 0.0858. The van der Waals surface area contributed by atoms with Crippen LogP contribution in [0.4, 0.5) is 0 Å². The second-order valence-electron chi connectivity index (χ2n) is 5.38. The molecule has 2 aromatic rings. The third kappa shape index (κ3) is 2.27. The molecule has 0 aliphatic carbocycles. The Morgan fingerprint density at radius 2 is 2.20 bits per heavy atom. The van der Waals surface area contributed by atoms with Gasteiger partial charge in [0.05, 0.1) is 11.1 Å². The first-order valence-corrected chi connectivity index (χ1v) is 7.05. The summed E-state index contributed by atoms with van der Waals surface area (Å²) in [5, 5.41) is 4.33. The Balaban J connectivity index is 2.05. The number of rotatable bonds is 1. The van der Waals surface area contributed by atoms with Crippen molar-refractivity contribution in [3.63, 3.8) is 0 Å². The third-order valence-corrected chi connectivity index (χ3v) is 3.85. The first-order chi connectivity index (χ1) is 9.66. The largest absolute Gasteiger partial charge is 0.333 e. The molecule has 0 saturated carbocycles. The molecule has 4 nitrogen and oxygen atoms in total. The lowest BCUT2D eigenvalue weighted by molar-refractivity contribution is 0.0657. The highest BCUT2D eigenvalue weighted by molar-refractivity contribution is 6.05. The highest BCUT2D eigenvalue weighted by atomic mass is 16.2. The fourth-order valence-electron chi connectivity index (χ4n) is 2.71. The average Bonchev–Trinajstić information content (AvgIpc) is 2.46. The summed E-state index contributed by atoms with van der Waals surface area (Å²) < 4.78 is 0. The first kappa shape index (κ1) is 13.1. The van der Waals surface area contributed by atoms with E-state index in [9.17, 15) is 4.79 Å². The molecule has 0 bridgehead atoms. The molecule has 1 saturated heterocycles. The third-order valence-electron chi connectivity index (χ3n) is 3.85. The van der Waals surface area contributed by atoms with Gasteiger partial charge in [0.2, 0.25) is 0 Å². The molecule has 2 heterocycles. The number of hydrogen-bond acceptors (Lipinski definition) is 3. The quantitative estimate of drug-likeness (QED) is 0.861. The Morgan fingerprint density at radius 3 is 3.00 bits per heavy atom. The predicted octanol–water partition coefficient (Wildman–Crippen LogP) is 1.98. The number of nitrogens with one attached hydrogen (secondary N) is 1. The zero-order valence-corrected chi connectivity index (χ0v) is 11.9. The monoisotopic (exact) mass is 269 g/mol. The van der Waals surface area contributed by atoms with Gasteiger partial charge in [0.25, 0.3) is 5.91 Å². The molecular weight excluding hydrogens is 250 g/mol. The predicted molar refractivity (Wildman–Crippen MR) is 79.8 cm³/mol. The summed E-state index contributed by atoms with van der Waals surface area (Å²) in [6.45, 7) is 6.49. The molecule has 3 rings (SSSR count). The number of carbonyl (C=O) groups excluding carboxylic acids is 1. The second kappa shape index (κ2) is 5.21. The summed E-state index contributed by atoms with van der Waals surface area (Å²) in [6.07, 6.45) is 0. The summed E-state index contributed by atoms with van der Waals surface area (Å²) in [6, 6.07) is 10.0. The van der Waals surface area contributed by atoms with Crippen molar-refractivity contribution in [2.24, 2.45) is 0 Å². The normalized spacial score (nSPS) is 19.3. The molecule has 1 aliphatic rings. The van der Waals surface area contributed by atoms with E-state index >= 15 is 0 Å². The number of nitrogens with zero attached hydrogens (tertiary/aromatic N) is 2. The van der Waals surface area contributed by atoms with E-state index in [-0.39, 0.29) is 11.9 Å². The zero-order valence-electron chi connectivity index (χ0n) is 11.9. The van der Waals surface area contributed by atoms with Crippen LogP contribution in [0.5, 0.6) is 0 Å². The van der Waals surface area contributed by atoms with Crippen LogP contribution in [-0.4, -0.2) is 41.5 Å². The highest BCUT2D eigenvalue weighted by Gasteiger charge is 2.25. The molecule has 1 amide bonds. The molecule has 1 aromatic heterocycles. The molecule has 20 heavy (non-hydrogen) atoms. The van der Waals surface area contributed by atoms with E-state index in [1.54, 1.807) is 0 Å². The Kier molecular flexibility index (Phi) is 3.40. The van der Waals surface area contributed by atoms with Gasteiger partial charge in [0.15, 0.2) is 0 Å². The fourth-order valence-corrected chi connectivity index (χ4v) is 2.71. The Morgan fingerprint density at radius 1 is 1.35 bits per heavy atom. The maximum absolute atomic E-state index is 12.8. The van der Waals surface area contributed by atoms with E-state index < -0.39 is 0 Å². The van der Waals surface area contributed by atoms with E-state index in [4.69, 9.17) is 0 Å². The van der Waals surface area contributed by atoms with Crippen molar-refractivity contribution in [2.75, 3.05) is 19.6 Å². The lowest BCUT2D eigenvalue weighted by Crippen LogP contribution is -2.52. The number of pyridine rings is 1. The van der Waals surface area contributed by atoms with Gasteiger partial charge in [0, 0.05) is 36.8 Å². The van der Waals surface area contributed by atoms with E-state index in [1.165, 1.54) is 0 Å². The molecule has 0 unspecified atom stereocenters. The van der Waals surface area contributed by atoms with Crippen molar-refractivity contribution in [2.45, 2.75) is 19.9 Å². The van der Waals surface area contributed by atoms with Gasteiger partial charge >= 0.3 is 0 Å².